The van der Waals surface area contributed by atoms with Crippen molar-refractivity contribution < 1.29 is 17.9 Å². The summed E-state index contributed by atoms with van der Waals surface area (Å²) in [5.41, 5.74) is -0.0780. The fourth-order valence-corrected chi connectivity index (χ4v) is 3.22. The van der Waals surface area contributed by atoms with Crippen LogP contribution in [0.2, 0.25) is 0 Å². The lowest BCUT2D eigenvalue weighted by Crippen LogP contribution is -2.24. The molecular weight excluding hydrogens is 204 g/mol. The van der Waals surface area contributed by atoms with E-state index < -0.39 is 21.6 Å². The molecule has 0 aromatic rings. The van der Waals surface area contributed by atoms with Crippen LogP contribution in [-0.2, 0) is 19.4 Å². The minimum absolute atomic E-state index is 0.0780. The first kappa shape index (κ1) is 11.5. The largest absolute Gasteiger partial charge is 0.465 e. The van der Waals surface area contributed by atoms with Crippen LogP contribution < -0.4 is 0 Å². The highest BCUT2D eigenvalue weighted by atomic mass is 32.2. The number of hydrogen-bond donors (Lipinski definition) is 0. The number of rotatable bonds is 5. The van der Waals surface area contributed by atoms with Crippen molar-refractivity contribution in [3.8, 4) is 0 Å². The van der Waals surface area contributed by atoms with Gasteiger partial charge in [-0.25, -0.2) is 8.42 Å². The molecule has 0 radical (unpaired) electrons. The first-order chi connectivity index (χ1) is 6.37. The number of hydrogen-bond acceptors (Lipinski definition) is 4. The fraction of sp³-hybridized carbons (Fsp3) is 0.889. The predicted octanol–water partition coefficient (Wildman–Crippen LogP) is 0.764. The molecule has 82 valence electrons. The topological polar surface area (TPSA) is 60.4 Å². The van der Waals surface area contributed by atoms with Crippen LogP contribution >= 0.6 is 0 Å². The molecule has 1 saturated carbocycles. The Morgan fingerprint density at radius 3 is 2.43 bits per heavy atom. The van der Waals surface area contributed by atoms with Crippen LogP contribution in [0.4, 0.5) is 0 Å². The molecule has 14 heavy (non-hydrogen) atoms. The van der Waals surface area contributed by atoms with Crippen LogP contribution in [0.5, 0.6) is 0 Å². The van der Waals surface area contributed by atoms with E-state index in [4.69, 9.17) is 0 Å². The Kier molecular flexibility index (Phi) is 3.19. The molecule has 1 aliphatic carbocycles. The van der Waals surface area contributed by atoms with E-state index in [1.54, 1.807) is 6.92 Å². The summed E-state index contributed by atoms with van der Waals surface area (Å²) < 4.78 is 27.5. The highest BCUT2D eigenvalue weighted by molar-refractivity contribution is 7.92. The molecule has 1 aliphatic rings. The van der Waals surface area contributed by atoms with Gasteiger partial charge in [0.15, 0.2) is 9.84 Å². The Balaban J connectivity index is 2.45. The number of carbonyl (C=O) groups excluding carboxylic acids is 1. The molecule has 0 aliphatic heterocycles. The second kappa shape index (κ2) is 3.88. The molecule has 0 bridgehead atoms. The Hall–Kier alpha value is -0.580. The lowest BCUT2D eigenvalue weighted by atomic mass is 10.2. The molecule has 4 nitrogen and oxygen atoms in total. The molecular formula is C9H16O4S. The summed E-state index contributed by atoms with van der Waals surface area (Å²) in [6.45, 7) is 3.81. The third-order valence-corrected chi connectivity index (χ3v) is 4.13. The maximum absolute atomic E-state index is 11.5. The van der Waals surface area contributed by atoms with Gasteiger partial charge in [-0.05, 0) is 25.2 Å². The van der Waals surface area contributed by atoms with Gasteiger partial charge in [-0.2, -0.15) is 0 Å². The average Bonchev–Trinajstić information content (AvgIpc) is 2.64. The Morgan fingerprint density at radius 2 is 2.00 bits per heavy atom. The predicted molar refractivity (Wildman–Crippen MR) is 52.6 cm³/mol. The first-order valence-electron chi connectivity index (χ1n) is 4.73. The van der Waals surface area contributed by atoms with Crippen molar-refractivity contribution >= 4 is 15.8 Å². The van der Waals surface area contributed by atoms with Gasteiger partial charge in [0, 0.05) is 0 Å². The summed E-state index contributed by atoms with van der Waals surface area (Å²) in [6.07, 6.45) is 1.88. The summed E-state index contributed by atoms with van der Waals surface area (Å²) in [4.78, 5) is 11.0. The van der Waals surface area contributed by atoms with Crippen LogP contribution in [0.1, 0.15) is 26.7 Å². The number of ether oxygens (including phenoxy) is 1. The Labute approximate surface area is 84.6 Å². The van der Waals surface area contributed by atoms with Gasteiger partial charge >= 0.3 is 5.97 Å². The zero-order chi connectivity index (χ0) is 10.8. The summed E-state index contributed by atoms with van der Waals surface area (Å²) in [5.74, 6) is -1.01. The molecule has 0 amide bonds. The fourth-order valence-electron chi connectivity index (χ4n) is 1.32. The van der Waals surface area contributed by atoms with E-state index in [2.05, 4.69) is 4.74 Å². The lowest BCUT2D eigenvalue weighted by molar-refractivity contribution is -0.139. The van der Waals surface area contributed by atoms with Gasteiger partial charge in [0.2, 0.25) is 0 Å². The third kappa shape index (κ3) is 3.65. The van der Waals surface area contributed by atoms with E-state index in [1.807, 2.05) is 6.92 Å². The van der Waals surface area contributed by atoms with Crippen LogP contribution in [0.25, 0.3) is 0 Å². The van der Waals surface area contributed by atoms with Gasteiger partial charge in [0.1, 0.15) is 5.75 Å². The van der Waals surface area contributed by atoms with Gasteiger partial charge in [0.25, 0.3) is 0 Å². The van der Waals surface area contributed by atoms with Crippen molar-refractivity contribution in [1.29, 1.82) is 0 Å². The Bertz CT molecular complexity index is 314. The molecule has 0 aromatic carbocycles. The highest BCUT2D eigenvalue weighted by Gasteiger charge is 2.41. The average molecular weight is 220 g/mol. The molecule has 0 spiro atoms. The van der Waals surface area contributed by atoms with Crippen molar-refractivity contribution in [1.82, 2.24) is 0 Å². The van der Waals surface area contributed by atoms with Crippen molar-refractivity contribution in [2.24, 2.45) is 5.41 Å². The van der Waals surface area contributed by atoms with E-state index in [0.717, 1.165) is 12.8 Å². The van der Waals surface area contributed by atoms with Gasteiger partial charge in [-0.15, -0.1) is 0 Å². The standard InChI is InChI=1S/C9H16O4S/c1-3-13-8(10)6-14(11,12)7-9(2)4-5-9/h3-7H2,1-2H3. The quantitative estimate of drug-likeness (QED) is 0.642. The molecule has 0 saturated heterocycles. The summed E-state index contributed by atoms with van der Waals surface area (Å²) in [6, 6.07) is 0. The molecule has 1 rings (SSSR count). The maximum Gasteiger partial charge on any atom is 0.321 e. The van der Waals surface area contributed by atoms with Crippen molar-refractivity contribution in [2.75, 3.05) is 18.1 Å². The molecule has 0 unspecified atom stereocenters. The van der Waals surface area contributed by atoms with E-state index in [1.165, 1.54) is 0 Å². The minimum Gasteiger partial charge on any atom is -0.465 e. The summed E-state index contributed by atoms with van der Waals surface area (Å²) >= 11 is 0. The number of sulfone groups is 1. The third-order valence-electron chi connectivity index (χ3n) is 2.32. The Morgan fingerprint density at radius 1 is 1.43 bits per heavy atom. The zero-order valence-electron chi connectivity index (χ0n) is 8.58. The van der Waals surface area contributed by atoms with Crippen molar-refractivity contribution in [3.63, 3.8) is 0 Å². The SMILES string of the molecule is CCOC(=O)CS(=O)(=O)CC1(C)CC1. The lowest BCUT2D eigenvalue weighted by Gasteiger charge is -2.08. The van der Waals surface area contributed by atoms with Gasteiger partial charge in [0.05, 0.1) is 12.4 Å². The monoisotopic (exact) mass is 220 g/mol. The van der Waals surface area contributed by atoms with Gasteiger partial charge in [-0.1, -0.05) is 6.92 Å². The van der Waals surface area contributed by atoms with Crippen molar-refractivity contribution in [3.05, 3.63) is 0 Å². The number of carbonyl (C=O) groups is 1. The molecule has 0 aromatic heterocycles. The molecule has 0 heterocycles. The summed E-state index contributed by atoms with van der Waals surface area (Å²) in [5, 5.41) is 0. The van der Waals surface area contributed by atoms with Crippen LogP contribution in [-0.4, -0.2) is 32.5 Å². The normalized spacial score (nSPS) is 19.0. The smallest absolute Gasteiger partial charge is 0.321 e. The zero-order valence-corrected chi connectivity index (χ0v) is 9.39. The second-order valence-corrected chi connectivity index (χ2v) is 6.21. The molecule has 0 N–H and O–H groups in total. The van der Waals surface area contributed by atoms with Gasteiger partial charge in [-0.3, -0.25) is 4.79 Å². The van der Waals surface area contributed by atoms with E-state index in [-0.39, 0.29) is 17.8 Å². The van der Waals surface area contributed by atoms with E-state index in [9.17, 15) is 13.2 Å². The molecule has 5 heteroatoms. The van der Waals surface area contributed by atoms with E-state index >= 15 is 0 Å². The van der Waals surface area contributed by atoms with Gasteiger partial charge < -0.3 is 4.74 Å². The van der Waals surface area contributed by atoms with E-state index in [0.29, 0.717) is 0 Å². The van der Waals surface area contributed by atoms with Crippen LogP contribution in [0, 0.1) is 5.41 Å². The first-order valence-corrected chi connectivity index (χ1v) is 6.55. The highest BCUT2D eigenvalue weighted by Crippen LogP contribution is 2.45. The van der Waals surface area contributed by atoms with Crippen molar-refractivity contribution in [2.45, 2.75) is 26.7 Å². The molecule has 0 atom stereocenters. The van der Waals surface area contributed by atoms with Crippen LogP contribution in [0.15, 0.2) is 0 Å². The summed E-state index contributed by atoms with van der Waals surface area (Å²) in [7, 11) is -3.27. The second-order valence-electron chi connectivity index (χ2n) is 4.15. The molecule has 1 fully saturated rings. The van der Waals surface area contributed by atoms with Crippen LogP contribution in [0.3, 0.4) is 0 Å². The number of esters is 1. The minimum atomic E-state index is -3.27. The maximum atomic E-state index is 11.5.